The minimum atomic E-state index is 0.0388. The van der Waals surface area contributed by atoms with Gasteiger partial charge in [-0.25, -0.2) is 0 Å². The van der Waals surface area contributed by atoms with Crippen LogP contribution in [0.4, 0.5) is 11.6 Å². The molecule has 0 aromatic carbocycles. The average Bonchev–Trinajstić information content (AvgIpc) is 3.04. The van der Waals surface area contributed by atoms with Crippen LogP contribution in [0.3, 0.4) is 0 Å². The number of rotatable bonds is 3. The van der Waals surface area contributed by atoms with Crippen LogP contribution < -0.4 is 9.80 Å². The summed E-state index contributed by atoms with van der Waals surface area (Å²) in [4.78, 5) is 30.6. The van der Waals surface area contributed by atoms with Crippen molar-refractivity contribution in [3.05, 3.63) is 12.1 Å². The molecule has 0 bridgehead atoms. The third kappa shape index (κ3) is 4.45. The van der Waals surface area contributed by atoms with E-state index in [0.29, 0.717) is 18.6 Å². The van der Waals surface area contributed by atoms with E-state index in [-0.39, 0.29) is 11.8 Å². The standard InChI is InChI=1S/C21H31N5O2/c27-18-7-5-17(6-8-18)21(28)26-15-13-25(14-16-26)20-10-9-19(22-23-20)24-11-3-1-2-4-12-24/h9-10,17H,1-8,11-16H2. The lowest BCUT2D eigenvalue weighted by Gasteiger charge is -2.37. The molecule has 1 saturated carbocycles. The van der Waals surface area contributed by atoms with Gasteiger partial charge < -0.3 is 14.7 Å². The maximum absolute atomic E-state index is 12.7. The van der Waals surface area contributed by atoms with Gasteiger partial charge in [0.2, 0.25) is 5.91 Å². The Hall–Kier alpha value is -2.18. The summed E-state index contributed by atoms with van der Waals surface area (Å²) >= 11 is 0. The van der Waals surface area contributed by atoms with Gasteiger partial charge in [-0.1, -0.05) is 12.8 Å². The second-order valence-corrected chi connectivity index (χ2v) is 8.28. The minimum Gasteiger partial charge on any atom is -0.355 e. The second kappa shape index (κ2) is 8.88. The van der Waals surface area contributed by atoms with Crippen molar-refractivity contribution >= 4 is 23.3 Å². The normalized spacial score (nSPS) is 22.3. The summed E-state index contributed by atoms with van der Waals surface area (Å²) in [5.41, 5.74) is 0. The molecule has 1 aromatic heterocycles. The summed E-state index contributed by atoms with van der Waals surface area (Å²) in [5, 5.41) is 8.95. The maximum Gasteiger partial charge on any atom is 0.225 e. The highest BCUT2D eigenvalue weighted by Crippen LogP contribution is 2.25. The van der Waals surface area contributed by atoms with Crippen LogP contribution in [0, 0.1) is 5.92 Å². The first kappa shape index (κ1) is 19.2. The lowest BCUT2D eigenvalue weighted by molar-refractivity contribution is -0.137. The summed E-state index contributed by atoms with van der Waals surface area (Å²) in [7, 11) is 0. The Bertz CT molecular complexity index is 667. The predicted octanol–water partition coefficient (Wildman–Crippen LogP) is 2.26. The molecular formula is C21H31N5O2. The van der Waals surface area contributed by atoms with Crippen LogP contribution in [0.1, 0.15) is 51.4 Å². The molecule has 0 atom stereocenters. The molecule has 3 aliphatic rings. The zero-order valence-electron chi connectivity index (χ0n) is 16.7. The SMILES string of the molecule is O=C1CCC(C(=O)N2CCN(c3ccc(N4CCCCCC4)nn3)CC2)CC1. The summed E-state index contributed by atoms with van der Waals surface area (Å²) in [6, 6.07) is 4.15. The van der Waals surface area contributed by atoms with Crippen molar-refractivity contribution in [1.29, 1.82) is 0 Å². The van der Waals surface area contributed by atoms with Gasteiger partial charge in [0.1, 0.15) is 5.78 Å². The Morgan fingerprint density at radius 2 is 1.32 bits per heavy atom. The molecule has 2 saturated heterocycles. The van der Waals surface area contributed by atoms with E-state index >= 15 is 0 Å². The molecule has 2 aliphatic heterocycles. The second-order valence-electron chi connectivity index (χ2n) is 8.28. The van der Waals surface area contributed by atoms with Crippen LogP contribution >= 0.6 is 0 Å². The smallest absolute Gasteiger partial charge is 0.225 e. The number of carbonyl (C=O) groups is 2. The van der Waals surface area contributed by atoms with Crippen molar-refractivity contribution in [3.63, 3.8) is 0 Å². The number of amides is 1. The average molecular weight is 386 g/mol. The van der Waals surface area contributed by atoms with Crippen LogP contribution in [0.15, 0.2) is 12.1 Å². The molecule has 28 heavy (non-hydrogen) atoms. The molecule has 1 aliphatic carbocycles. The summed E-state index contributed by atoms with van der Waals surface area (Å²) in [5.74, 6) is 2.45. The van der Waals surface area contributed by atoms with Crippen molar-refractivity contribution < 1.29 is 9.59 Å². The molecule has 7 heteroatoms. The van der Waals surface area contributed by atoms with Gasteiger partial charge in [0, 0.05) is 58.0 Å². The first-order valence-electron chi connectivity index (χ1n) is 10.8. The van der Waals surface area contributed by atoms with Crippen LogP contribution in [-0.4, -0.2) is 66.1 Å². The van der Waals surface area contributed by atoms with Gasteiger partial charge in [-0.2, -0.15) is 0 Å². The fourth-order valence-electron chi connectivity index (χ4n) is 4.56. The quantitative estimate of drug-likeness (QED) is 0.795. The fraction of sp³-hybridized carbons (Fsp3) is 0.714. The van der Waals surface area contributed by atoms with Crippen LogP contribution in [0.2, 0.25) is 0 Å². The van der Waals surface area contributed by atoms with Gasteiger partial charge in [-0.3, -0.25) is 9.59 Å². The predicted molar refractivity (Wildman–Crippen MR) is 108 cm³/mol. The molecule has 0 spiro atoms. The monoisotopic (exact) mass is 385 g/mol. The fourth-order valence-corrected chi connectivity index (χ4v) is 4.56. The number of hydrogen-bond acceptors (Lipinski definition) is 6. The van der Waals surface area contributed by atoms with Crippen molar-refractivity contribution in [2.24, 2.45) is 5.92 Å². The van der Waals surface area contributed by atoms with E-state index in [4.69, 9.17) is 0 Å². The summed E-state index contributed by atoms with van der Waals surface area (Å²) in [6.45, 7) is 5.16. The number of Topliss-reactive ketones (excluding diaryl/α,β-unsaturated/α-hetero) is 1. The molecule has 3 fully saturated rings. The molecule has 152 valence electrons. The van der Waals surface area contributed by atoms with E-state index in [2.05, 4.69) is 32.1 Å². The maximum atomic E-state index is 12.7. The lowest BCUT2D eigenvalue weighted by Crippen LogP contribution is -2.51. The van der Waals surface area contributed by atoms with Crippen LogP contribution in [0.5, 0.6) is 0 Å². The van der Waals surface area contributed by atoms with E-state index in [0.717, 1.165) is 63.7 Å². The number of aromatic nitrogens is 2. The number of ketones is 1. The molecular weight excluding hydrogens is 354 g/mol. The zero-order valence-corrected chi connectivity index (χ0v) is 16.7. The summed E-state index contributed by atoms with van der Waals surface area (Å²) < 4.78 is 0. The van der Waals surface area contributed by atoms with E-state index in [1.165, 1.54) is 25.7 Å². The lowest BCUT2D eigenvalue weighted by atomic mass is 9.87. The molecule has 1 amide bonds. The number of nitrogens with zero attached hydrogens (tertiary/aromatic N) is 5. The number of carbonyl (C=O) groups excluding carboxylic acids is 2. The Labute approximate surface area is 167 Å². The topological polar surface area (TPSA) is 69.6 Å². The van der Waals surface area contributed by atoms with Gasteiger partial charge in [0.05, 0.1) is 0 Å². The first-order chi connectivity index (χ1) is 13.7. The molecule has 7 nitrogen and oxygen atoms in total. The third-order valence-electron chi connectivity index (χ3n) is 6.37. The highest BCUT2D eigenvalue weighted by atomic mass is 16.2. The van der Waals surface area contributed by atoms with E-state index in [1.807, 2.05) is 4.90 Å². The van der Waals surface area contributed by atoms with Crippen molar-refractivity contribution in [1.82, 2.24) is 15.1 Å². The van der Waals surface area contributed by atoms with Crippen LogP contribution in [0.25, 0.3) is 0 Å². The van der Waals surface area contributed by atoms with Gasteiger partial charge >= 0.3 is 0 Å². The van der Waals surface area contributed by atoms with Crippen molar-refractivity contribution in [2.45, 2.75) is 51.4 Å². The van der Waals surface area contributed by atoms with E-state index < -0.39 is 0 Å². The molecule has 3 heterocycles. The molecule has 0 unspecified atom stereocenters. The van der Waals surface area contributed by atoms with Crippen LogP contribution in [-0.2, 0) is 9.59 Å². The largest absolute Gasteiger partial charge is 0.355 e. The molecule has 4 rings (SSSR count). The molecule has 0 radical (unpaired) electrons. The van der Waals surface area contributed by atoms with Crippen molar-refractivity contribution in [2.75, 3.05) is 49.1 Å². The minimum absolute atomic E-state index is 0.0388. The Morgan fingerprint density at radius 3 is 1.86 bits per heavy atom. The van der Waals surface area contributed by atoms with Crippen molar-refractivity contribution in [3.8, 4) is 0 Å². The van der Waals surface area contributed by atoms with E-state index in [1.54, 1.807) is 0 Å². The molecule has 1 aromatic rings. The number of anilines is 2. The Balaban J connectivity index is 1.29. The number of hydrogen-bond donors (Lipinski definition) is 0. The van der Waals surface area contributed by atoms with E-state index in [9.17, 15) is 9.59 Å². The summed E-state index contributed by atoms with van der Waals surface area (Å²) in [6.07, 6.45) is 7.65. The Morgan fingerprint density at radius 1 is 0.786 bits per heavy atom. The van der Waals surface area contributed by atoms with Gasteiger partial charge in [-0.15, -0.1) is 10.2 Å². The third-order valence-corrected chi connectivity index (χ3v) is 6.37. The van der Waals surface area contributed by atoms with Gasteiger partial charge in [0.15, 0.2) is 11.6 Å². The number of piperazine rings is 1. The highest BCUT2D eigenvalue weighted by molar-refractivity contribution is 5.84. The Kier molecular flexibility index (Phi) is 6.07. The van der Waals surface area contributed by atoms with Gasteiger partial charge in [0.25, 0.3) is 0 Å². The molecule has 0 N–H and O–H groups in total. The zero-order chi connectivity index (χ0) is 19.3. The highest BCUT2D eigenvalue weighted by Gasteiger charge is 2.30. The van der Waals surface area contributed by atoms with Gasteiger partial charge in [-0.05, 0) is 37.8 Å². The first-order valence-corrected chi connectivity index (χ1v) is 10.8.